The molecule has 0 aliphatic heterocycles. The van der Waals surface area contributed by atoms with Gasteiger partial charge in [-0.15, -0.1) is 11.3 Å². The van der Waals surface area contributed by atoms with E-state index in [9.17, 15) is 9.59 Å². The number of carboxylic acid groups (broad SMARTS) is 1. The fraction of sp³-hybridized carbons (Fsp3) is 0.364. The average molecular weight is 299 g/mol. The molecule has 0 fully saturated rings. The SMILES string of the molecule is CC(NC(=O)c1cc2sc(N(C)C)nc2s1)C(=O)O. The van der Waals surface area contributed by atoms with Crippen molar-refractivity contribution < 1.29 is 14.7 Å². The Labute approximate surface area is 117 Å². The van der Waals surface area contributed by atoms with Gasteiger partial charge in [0.15, 0.2) is 5.13 Å². The Bertz CT molecular complexity index is 601. The van der Waals surface area contributed by atoms with Crippen molar-refractivity contribution >= 4 is 49.2 Å². The number of rotatable bonds is 4. The third-order valence-electron chi connectivity index (χ3n) is 2.40. The van der Waals surface area contributed by atoms with Crippen molar-refractivity contribution in [1.29, 1.82) is 0 Å². The molecule has 2 rings (SSSR count). The molecule has 0 bridgehead atoms. The molecule has 2 N–H and O–H groups in total. The average Bonchev–Trinajstić information content (AvgIpc) is 2.85. The zero-order valence-corrected chi connectivity index (χ0v) is 12.3. The molecule has 1 atom stereocenters. The Kier molecular flexibility index (Phi) is 3.72. The van der Waals surface area contributed by atoms with Crippen LogP contribution >= 0.6 is 22.7 Å². The number of carboxylic acids is 1. The predicted octanol–water partition coefficient (Wildman–Crippen LogP) is 1.63. The lowest BCUT2D eigenvalue weighted by atomic mass is 10.3. The van der Waals surface area contributed by atoms with E-state index < -0.39 is 12.0 Å². The lowest BCUT2D eigenvalue weighted by molar-refractivity contribution is -0.138. The fourth-order valence-electron chi connectivity index (χ4n) is 1.36. The van der Waals surface area contributed by atoms with Gasteiger partial charge in [-0.05, 0) is 13.0 Å². The van der Waals surface area contributed by atoms with Gasteiger partial charge in [0.1, 0.15) is 10.9 Å². The molecule has 2 heterocycles. The number of anilines is 1. The molecule has 0 aromatic carbocycles. The number of hydrogen-bond acceptors (Lipinski definition) is 6. The maximum Gasteiger partial charge on any atom is 0.325 e. The van der Waals surface area contributed by atoms with Crippen LogP contribution in [0, 0.1) is 0 Å². The van der Waals surface area contributed by atoms with Gasteiger partial charge in [0.05, 0.1) is 9.58 Å². The lowest BCUT2D eigenvalue weighted by Crippen LogP contribution is -2.37. The van der Waals surface area contributed by atoms with E-state index in [1.165, 1.54) is 29.6 Å². The van der Waals surface area contributed by atoms with Gasteiger partial charge in [0.25, 0.3) is 5.91 Å². The van der Waals surface area contributed by atoms with E-state index in [-0.39, 0.29) is 5.91 Å². The summed E-state index contributed by atoms with van der Waals surface area (Å²) in [5.41, 5.74) is 0. The minimum Gasteiger partial charge on any atom is -0.480 e. The van der Waals surface area contributed by atoms with Gasteiger partial charge in [-0.2, -0.15) is 0 Å². The second-order valence-corrected chi connectivity index (χ2v) is 6.24. The third kappa shape index (κ3) is 2.85. The fourth-order valence-corrected chi connectivity index (χ4v) is 3.39. The van der Waals surface area contributed by atoms with Gasteiger partial charge < -0.3 is 15.3 Å². The monoisotopic (exact) mass is 299 g/mol. The van der Waals surface area contributed by atoms with E-state index >= 15 is 0 Å². The van der Waals surface area contributed by atoms with Gasteiger partial charge in [-0.1, -0.05) is 11.3 Å². The molecule has 0 aliphatic rings. The maximum atomic E-state index is 11.8. The number of aliphatic carboxylic acids is 1. The maximum absolute atomic E-state index is 11.8. The molecule has 8 heteroatoms. The number of hydrogen-bond donors (Lipinski definition) is 2. The second kappa shape index (κ2) is 5.14. The van der Waals surface area contributed by atoms with Gasteiger partial charge in [-0.3, -0.25) is 9.59 Å². The van der Waals surface area contributed by atoms with Gasteiger partial charge >= 0.3 is 5.97 Å². The normalized spacial score (nSPS) is 12.4. The van der Waals surface area contributed by atoms with Gasteiger partial charge in [0, 0.05) is 14.1 Å². The molecule has 2 aromatic rings. The Morgan fingerprint density at radius 1 is 1.42 bits per heavy atom. The highest BCUT2D eigenvalue weighted by Crippen LogP contribution is 2.33. The summed E-state index contributed by atoms with van der Waals surface area (Å²) in [7, 11) is 3.81. The van der Waals surface area contributed by atoms with E-state index in [4.69, 9.17) is 5.11 Å². The van der Waals surface area contributed by atoms with Crippen LogP contribution in [-0.4, -0.2) is 42.1 Å². The molecule has 1 amide bonds. The van der Waals surface area contributed by atoms with Crippen LogP contribution in [0.1, 0.15) is 16.6 Å². The van der Waals surface area contributed by atoms with E-state index in [0.717, 1.165) is 14.7 Å². The Morgan fingerprint density at radius 3 is 2.63 bits per heavy atom. The molecule has 2 aromatic heterocycles. The van der Waals surface area contributed by atoms with Gasteiger partial charge in [0.2, 0.25) is 0 Å². The standard InChI is InChI=1S/C11H13N3O3S2/c1-5(10(16)17)12-8(15)6-4-7-9(18-6)13-11(19-7)14(2)3/h4-5H,1-3H3,(H,12,15)(H,16,17). The molecule has 6 nitrogen and oxygen atoms in total. The molecule has 0 radical (unpaired) electrons. The van der Waals surface area contributed by atoms with E-state index in [1.807, 2.05) is 19.0 Å². The molecule has 1 unspecified atom stereocenters. The smallest absolute Gasteiger partial charge is 0.325 e. The Morgan fingerprint density at radius 2 is 2.11 bits per heavy atom. The molecular formula is C11H13N3O3S2. The first-order valence-electron chi connectivity index (χ1n) is 5.50. The number of carbonyl (C=O) groups excluding carboxylic acids is 1. The van der Waals surface area contributed by atoms with Crippen molar-refractivity contribution in [3.8, 4) is 0 Å². The lowest BCUT2D eigenvalue weighted by Gasteiger charge is -2.07. The largest absolute Gasteiger partial charge is 0.480 e. The summed E-state index contributed by atoms with van der Waals surface area (Å²) in [6, 6.07) is 0.840. The molecule has 0 saturated heterocycles. The van der Waals surface area contributed by atoms with Crippen LogP contribution < -0.4 is 10.2 Å². The summed E-state index contributed by atoms with van der Waals surface area (Å²) >= 11 is 2.76. The third-order valence-corrected chi connectivity index (χ3v) is 4.73. The van der Waals surface area contributed by atoms with Crippen LogP contribution in [0.25, 0.3) is 9.53 Å². The molecule has 102 valence electrons. The summed E-state index contributed by atoms with van der Waals surface area (Å²) in [5.74, 6) is -1.43. The number of nitrogens with one attached hydrogen (secondary N) is 1. The van der Waals surface area contributed by atoms with Crippen molar-refractivity contribution in [2.75, 3.05) is 19.0 Å². The van der Waals surface area contributed by atoms with Crippen LogP contribution in [0.3, 0.4) is 0 Å². The minimum absolute atomic E-state index is 0.378. The summed E-state index contributed by atoms with van der Waals surface area (Å²) in [4.78, 5) is 30.1. The van der Waals surface area contributed by atoms with Crippen LogP contribution in [0.4, 0.5) is 5.13 Å². The highest BCUT2D eigenvalue weighted by molar-refractivity contribution is 7.29. The van der Waals surface area contributed by atoms with Crippen LogP contribution in [0.2, 0.25) is 0 Å². The zero-order valence-electron chi connectivity index (χ0n) is 10.6. The summed E-state index contributed by atoms with van der Waals surface area (Å²) in [5, 5.41) is 12.1. The first-order chi connectivity index (χ1) is 8.88. The van der Waals surface area contributed by atoms with Crippen molar-refractivity contribution in [3.63, 3.8) is 0 Å². The van der Waals surface area contributed by atoms with E-state index in [2.05, 4.69) is 10.3 Å². The first kappa shape index (κ1) is 13.8. The van der Waals surface area contributed by atoms with Crippen LogP contribution in [-0.2, 0) is 4.79 Å². The molecule has 0 saturated carbocycles. The minimum atomic E-state index is -1.06. The molecule has 0 spiro atoms. The Balaban J connectivity index is 2.19. The van der Waals surface area contributed by atoms with Crippen molar-refractivity contribution in [2.45, 2.75) is 13.0 Å². The topological polar surface area (TPSA) is 82.5 Å². The highest BCUT2D eigenvalue weighted by atomic mass is 32.1. The summed E-state index contributed by atoms with van der Waals surface area (Å²) < 4.78 is 0.932. The number of aromatic nitrogens is 1. The second-order valence-electron chi connectivity index (χ2n) is 4.20. The van der Waals surface area contributed by atoms with E-state index in [1.54, 1.807) is 6.07 Å². The number of carbonyl (C=O) groups is 2. The van der Waals surface area contributed by atoms with Crippen LogP contribution in [0.15, 0.2) is 6.07 Å². The quantitative estimate of drug-likeness (QED) is 0.896. The van der Waals surface area contributed by atoms with Crippen molar-refractivity contribution in [2.24, 2.45) is 0 Å². The zero-order chi connectivity index (χ0) is 14.2. The number of fused-ring (bicyclic) bond motifs is 1. The number of nitrogens with zero attached hydrogens (tertiary/aromatic N) is 2. The number of thiazole rings is 1. The van der Waals surface area contributed by atoms with Gasteiger partial charge in [-0.25, -0.2) is 4.98 Å². The highest BCUT2D eigenvalue weighted by Gasteiger charge is 2.18. The summed E-state index contributed by atoms with van der Waals surface area (Å²) in [6.07, 6.45) is 0. The molecular weight excluding hydrogens is 286 g/mol. The first-order valence-corrected chi connectivity index (χ1v) is 7.13. The summed E-state index contributed by atoms with van der Waals surface area (Å²) in [6.45, 7) is 1.43. The Hall–Kier alpha value is -1.67. The van der Waals surface area contributed by atoms with E-state index in [0.29, 0.717) is 4.88 Å². The predicted molar refractivity (Wildman–Crippen MR) is 76.4 cm³/mol. The number of amides is 1. The van der Waals surface area contributed by atoms with Crippen LogP contribution in [0.5, 0.6) is 0 Å². The molecule has 0 aliphatic carbocycles. The van der Waals surface area contributed by atoms with Crippen molar-refractivity contribution in [1.82, 2.24) is 10.3 Å². The molecule has 19 heavy (non-hydrogen) atoms. The number of thiophene rings is 1. The van der Waals surface area contributed by atoms with Crippen molar-refractivity contribution in [3.05, 3.63) is 10.9 Å².